The minimum absolute atomic E-state index is 0.0691. The van der Waals surface area contributed by atoms with E-state index >= 15 is 0 Å². The Labute approximate surface area is 211 Å². The lowest BCUT2D eigenvalue weighted by atomic mass is 10.0. The topological polar surface area (TPSA) is 81.6 Å². The van der Waals surface area contributed by atoms with Crippen LogP contribution in [0.1, 0.15) is 17.7 Å². The third-order valence-electron chi connectivity index (χ3n) is 6.41. The number of ether oxygens (including phenoxy) is 1. The van der Waals surface area contributed by atoms with Crippen LogP contribution in [0.15, 0.2) is 60.8 Å². The van der Waals surface area contributed by atoms with Crippen molar-refractivity contribution in [2.75, 3.05) is 26.2 Å². The Hall–Kier alpha value is -3.66. The van der Waals surface area contributed by atoms with Crippen molar-refractivity contribution in [3.8, 4) is 16.9 Å². The first-order valence-corrected chi connectivity index (χ1v) is 12.0. The first-order chi connectivity index (χ1) is 17.9. The average Bonchev–Trinajstić information content (AvgIpc) is 3.33. The lowest BCUT2D eigenvalue weighted by Gasteiger charge is -2.27. The molecule has 0 saturated heterocycles. The van der Waals surface area contributed by atoms with Crippen LogP contribution in [0.4, 0.5) is 13.2 Å². The molecule has 3 N–H and O–H groups in total. The maximum atomic E-state index is 14.9. The second-order valence-electron chi connectivity index (χ2n) is 9.09. The maximum Gasteiger partial charge on any atom is 0.138 e. The number of hydrogen-bond acceptors (Lipinski definition) is 5. The predicted octanol–water partition coefficient (Wildman–Crippen LogP) is 4.67. The molecule has 0 aliphatic carbocycles. The minimum atomic E-state index is -0.764. The van der Waals surface area contributed by atoms with Crippen molar-refractivity contribution >= 4 is 16.6 Å². The highest BCUT2D eigenvalue weighted by Crippen LogP contribution is 2.34. The molecule has 1 atom stereocenters. The molecule has 0 bridgehead atoms. The Bertz CT molecular complexity index is 1430. The minimum Gasteiger partial charge on any atom is -0.489 e. The quantitative estimate of drug-likeness (QED) is 0.322. The van der Waals surface area contributed by atoms with E-state index in [1.54, 1.807) is 18.3 Å². The summed E-state index contributed by atoms with van der Waals surface area (Å²) in [4.78, 5) is 9.80. The Morgan fingerprint density at radius 3 is 2.57 bits per heavy atom. The number of pyridine rings is 1. The van der Waals surface area contributed by atoms with Crippen LogP contribution in [0.25, 0.3) is 27.7 Å². The molecule has 192 valence electrons. The number of nitrogens with one attached hydrogen (secondary N) is 1. The van der Waals surface area contributed by atoms with E-state index in [0.717, 1.165) is 35.7 Å². The van der Waals surface area contributed by atoms with Crippen LogP contribution in [0.3, 0.4) is 0 Å². The van der Waals surface area contributed by atoms with Gasteiger partial charge in [0.15, 0.2) is 0 Å². The fourth-order valence-electron chi connectivity index (χ4n) is 4.57. The molecule has 0 saturated carbocycles. The number of benzene rings is 2. The van der Waals surface area contributed by atoms with E-state index in [1.807, 2.05) is 6.07 Å². The number of rotatable bonds is 8. The van der Waals surface area contributed by atoms with Crippen LogP contribution in [-0.4, -0.2) is 57.4 Å². The van der Waals surface area contributed by atoms with Gasteiger partial charge in [-0.05, 0) is 65.6 Å². The van der Waals surface area contributed by atoms with Crippen LogP contribution in [0.2, 0.25) is 0 Å². The molecule has 4 aromatic rings. The molecule has 0 fully saturated rings. The van der Waals surface area contributed by atoms with E-state index in [-0.39, 0.29) is 13.2 Å². The predicted molar refractivity (Wildman–Crippen MR) is 134 cm³/mol. The number of halogens is 3. The summed E-state index contributed by atoms with van der Waals surface area (Å²) >= 11 is 0. The standard InChI is InChI=1S/C28H26F3N3O3/c29-19-9-17(10-20(30)11-19)16-37-22-1-2-26(31)24(12-22)23-3-6-32-28-25(23)13-27(33-28)18-4-7-34(8-5-18)14-21(36)15-35/h1-4,6,9-13,21,35-36H,5,7-8,14-16H2,(H,32,33). The number of aliphatic hydroxyl groups is 2. The highest BCUT2D eigenvalue weighted by Gasteiger charge is 2.19. The van der Waals surface area contributed by atoms with Crippen molar-refractivity contribution in [2.45, 2.75) is 19.1 Å². The fourth-order valence-corrected chi connectivity index (χ4v) is 4.57. The Kier molecular flexibility index (Phi) is 7.27. The van der Waals surface area contributed by atoms with Crippen LogP contribution in [-0.2, 0) is 6.61 Å². The van der Waals surface area contributed by atoms with Gasteiger partial charge in [-0.15, -0.1) is 0 Å². The summed E-state index contributed by atoms with van der Waals surface area (Å²) in [7, 11) is 0. The van der Waals surface area contributed by atoms with Gasteiger partial charge in [-0.2, -0.15) is 0 Å². The van der Waals surface area contributed by atoms with Crippen molar-refractivity contribution in [1.82, 2.24) is 14.9 Å². The van der Waals surface area contributed by atoms with E-state index in [1.165, 1.54) is 24.3 Å². The molecule has 37 heavy (non-hydrogen) atoms. The van der Waals surface area contributed by atoms with E-state index in [4.69, 9.17) is 9.84 Å². The SMILES string of the molecule is OCC(O)CN1CC=C(c2cc3c(-c4cc(OCc5cc(F)cc(F)c5)ccc4F)ccnc3[nH]2)CC1. The van der Waals surface area contributed by atoms with Gasteiger partial charge in [0.2, 0.25) is 0 Å². The fraction of sp³-hybridized carbons (Fsp3) is 0.250. The Morgan fingerprint density at radius 1 is 1.03 bits per heavy atom. The van der Waals surface area contributed by atoms with Crippen LogP contribution < -0.4 is 4.74 Å². The third-order valence-corrected chi connectivity index (χ3v) is 6.41. The molecule has 9 heteroatoms. The lowest BCUT2D eigenvalue weighted by molar-refractivity contribution is 0.0623. The molecule has 2 aromatic heterocycles. The van der Waals surface area contributed by atoms with Gasteiger partial charge in [0.05, 0.1) is 12.7 Å². The van der Waals surface area contributed by atoms with Gasteiger partial charge >= 0.3 is 0 Å². The third kappa shape index (κ3) is 5.69. The van der Waals surface area contributed by atoms with E-state index in [0.29, 0.717) is 41.2 Å². The number of β-amino-alcohol motifs (C(OH)–C–C–N with tert-alkyl or cyclic N) is 1. The van der Waals surface area contributed by atoms with Crippen LogP contribution in [0, 0.1) is 17.5 Å². The lowest BCUT2D eigenvalue weighted by Crippen LogP contribution is -2.37. The summed E-state index contributed by atoms with van der Waals surface area (Å²) in [6.07, 6.45) is 3.66. The Morgan fingerprint density at radius 2 is 1.84 bits per heavy atom. The number of fused-ring (bicyclic) bond motifs is 1. The van der Waals surface area contributed by atoms with Gasteiger partial charge in [-0.1, -0.05) is 6.08 Å². The van der Waals surface area contributed by atoms with Gasteiger partial charge in [-0.25, -0.2) is 18.2 Å². The van der Waals surface area contributed by atoms with Crippen LogP contribution >= 0.6 is 0 Å². The number of aliphatic hydroxyl groups excluding tert-OH is 2. The van der Waals surface area contributed by atoms with Crippen molar-refractivity contribution in [3.63, 3.8) is 0 Å². The van der Waals surface area contributed by atoms with Crippen molar-refractivity contribution in [3.05, 3.63) is 89.5 Å². The molecule has 1 aliphatic rings. The number of aromatic amines is 1. The van der Waals surface area contributed by atoms with Gasteiger partial charge in [0.1, 0.15) is 35.5 Å². The molecular weight excluding hydrogens is 483 g/mol. The molecule has 0 spiro atoms. The summed E-state index contributed by atoms with van der Waals surface area (Å²) in [5, 5.41) is 19.5. The van der Waals surface area contributed by atoms with Gasteiger partial charge in [0, 0.05) is 48.5 Å². The van der Waals surface area contributed by atoms with Gasteiger partial charge in [-0.3, -0.25) is 4.90 Å². The number of aromatic nitrogens is 2. The second-order valence-corrected chi connectivity index (χ2v) is 9.09. The highest BCUT2D eigenvalue weighted by molar-refractivity contribution is 5.95. The van der Waals surface area contributed by atoms with Crippen molar-refractivity contribution < 1.29 is 28.1 Å². The molecule has 6 nitrogen and oxygen atoms in total. The first kappa shape index (κ1) is 25.0. The first-order valence-electron chi connectivity index (χ1n) is 12.0. The smallest absolute Gasteiger partial charge is 0.138 e. The molecule has 1 unspecified atom stereocenters. The zero-order chi connectivity index (χ0) is 25.9. The average molecular weight is 510 g/mol. The normalized spacial score (nSPS) is 15.1. The van der Waals surface area contributed by atoms with E-state index in [2.05, 4.69) is 20.9 Å². The van der Waals surface area contributed by atoms with E-state index in [9.17, 15) is 18.3 Å². The van der Waals surface area contributed by atoms with Crippen molar-refractivity contribution in [2.24, 2.45) is 0 Å². The molecule has 0 amide bonds. The summed E-state index contributed by atoms with van der Waals surface area (Å²) in [5.74, 6) is -1.45. The summed E-state index contributed by atoms with van der Waals surface area (Å²) < 4.78 is 47.6. The van der Waals surface area contributed by atoms with Gasteiger partial charge in [0.25, 0.3) is 0 Å². The molecule has 1 aliphatic heterocycles. The molecule has 5 rings (SSSR count). The largest absolute Gasteiger partial charge is 0.489 e. The molecule has 0 radical (unpaired) electrons. The molecule has 2 aromatic carbocycles. The zero-order valence-corrected chi connectivity index (χ0v) is 19.9. The summed E-state index contributed by atoms with van der Waals surface area (Å²) in [6.45, 7) is 1.45. The monoisotopic (exact) mass is 509 g/mol. The molecular formula is C28H26F3N3O3. The number of nitrogens with zero attached hydrogens (tertiary/aromatic N) is 2. The summed E-state index contributed by atoms with van der Waals surface area (Å²) in [5.41, 5.74) is 3.89. The maximum absolute atomic E-state index is 14.9. The number of H-pyrrole nitrogens is 1. The highest BCUT2D eigenvalue weighted by atomic mass is 19.1. The molecule has 3 heterocycles. The van der Waals surface area contributed by atoms with Crippen LogP contribution in [0.5, 0.6) is 5.75 Å². The second kappa shape index (κ2) is 10.8. The zero-order valence-electron chi connectivity index (χ0n) is 19.9. The number of hydrogen-bond donors (Lipinski definition) is 3. The summed E-state index contributed by atoms with van der Waals surface area (Å²) in [6, 6.07) is 11.2. The van der Waals surface area contributed by atoms with Crippen molar-refractivity contribution in [1.29, 1.82) is 0 Å². The van der Waals surface area contributed by atoms with Gasteiger partial charge < -0.3 is 19.9 Å². The Balaban J connectivity index is 1.39. The van der Waals surface area contributed by atoms with E-state index < -0.39 is 23.6 Å².